The van der Waals surface area contributed by atoms with Crippen LogP contribution < -0.4 is 0 Å². The van der Waals surface area contributed by atoms with Crippen molar-refractivity contribution in [2.24, 2.45) is 5.16 Å². The highest BCUT2D eigenvalue weighted by Crippen LogP contribution is 2.26. The standard InChI is InChI=1S/C11H12ClN3OS/c1-6(8(3)14-16)4-9-10(12)13-11-15(9)7(2)5-17-11/h4-5,16H,1-3H3/b6-4-,14-8+. The van der Waals surface area contributed by atoms with Gasteiger partial charge in [-0.25, -0.2) is 4.98 Å². The first kappa shape index (κ1) is 12.1. The Balaban J connectivity index is 2.62. The van der Waals surface area contributed by atoms with E-state index < -0.39 is 0 Å². The minimum atomic E-state index is 0.463. The summed E-state index contributed by atoms with van der Waals surface area (Å²) in [4.78, 5) is 5.14. The van der Waals surface area contributed by atoms with Crippen molar-refractivity contribution in [2.75, 3.05) is 0 Å². The number of oxime groups is 1. The van der Waals surface area contributed by atoms with E-state index in [1.807, 2.05) is 29.7 Å². The lowest BCUT2D eigenvalue weighted by Gasteiger charge is -1.99. The maximum atomic E-state index is 8.72. The molecule has 0 aromatic carbocycles. The number of aryl methyl sites for hydroxylation is 1. The third-order valence-electron chi connectivity index (χ3n) is 2.60. The van der Waals surface area contributed by atoms with Crippen molar-refractivity contribution < 1.29 is 5.21 Å². The van der Waals surface area contributed by atoms with Gasteiger partial charge in [0.15, 0.2) is 10.1 Å². The van der Waals surface area contributed by atoms with Crippen molar-refractivity contribution in [1.29, 1.82) is 0 Å². The summed E-state index contributed by atoms with van der Waals surface area (Å²) in [6, 6.07) is 0. The first-order chi connectivity index (χ1) is 8.04. The third kappa shape index (κ3) is 2.08. The Hall–Kier alpha value is -1.33. The topological polar surface area (TPSA) is 49.9 Å². The van der Waals surface area contributed by atoms with Crippen LogP contribution in [0.5, 0.6) is 0 Å². The Bertz CT molecular complexity index is 624. The lowest BCUT2D eigenvalue weighted by molar-refractivity contribution is 0.319. The number of nitrogens with zero attached hydrogens (tertiary/aromatic N) is 3. The van der Waals surface area contributed by atoms with Crippen LogP contribution >= 0.6 is 22.9 Å². The molecule has 0 unspecified atom stereocenters. The zero-order valence-electron chi connectivity index (χ0n) is 9.73. The molecule has 0 aliphatic rings. The summed E-state index contributed by atoms with van der Waals surface area (Å²) in [6.45, 7) is 5.60. The van der Waals surface area contributed by atoms with Gasteiger partial charge >= 0.3 is 0 Å². The van der Waals surface area contributed by atoms with Gasteiger partial charge in [0, 0.05) is 11.1 Å². The minimum Gasteiger partial charge on any atom is -0.411 e. The van der Waals surface area contributed by atoms with Gasteiger partial charge in [-0.05, 0) is 32.4 Å². The van der Waals surface area contributed by atoms with Crippen molar-refractivity contribution in [1.82, 2.24) is 9.38 Å². The van der Waals surface area contributed by atoms with Crippen LogP contribution in [0, 0.1) is 6.92 Å². The third-order valence-corrected chi connectivity index (χ3v) is 3.82. The number of hydrogen-bond acceptors (Lipinski definition) is 4. The number of imidazole rings is 1. The molecule has 0 spiro atoms. The van der Waals surface area contributed by atoms with Gasteiger partial charge in [0.2, 0.25) is 0 Å². The van der Waals surface area contributed by atoms with Gasteiger partial charge < -0.3 is 5.21 Å². The van der Waals surface area contributed by atoms with E-state index in [1.54, 1.807) is 18.3 Å². The number of rotatable bonds is 2. The summed E-state index contributed by atoms with van der Waals surface area (Å²) in [5.41, 5.74) is 3.31. The van der Waals surface area contributed by atoms with E-state index in [0.717, 1.165) is 21.9 Å². The molecule has 0 radical (unpaired) electrons. The fraction of sp³-hybridized carbons (Fsp3) is 0.273. The Kier molecular flexibility index (Phi) is 3.22. The quantitative estimate of drug-likeness (QED) is 0.514. The maximum Gasteiger partial charge on any atom is 0.195 e. The molecule has 0 saturated heterocycles. The van der Waals surface area contributed by atoms with Crippen LogP contribution in [0.4, 0.5) is 0 Å². The smallest absolute Gasteiger partial charge is 0.195 e. The molecule has 0 atom stereocenters. The van der Waals surface area contributed by atoms with Gasteiger partial charge in [-0.15, -0.1) is 11.3 Å². The van der Waals surface area contributed by atoms with Crippen molar-refractivity contribution >= 4 is 39.7 Å². The molecule has 2 aromatic heterocycles. The number of fused-ring (bicyclic) bond motifs is 1. The number of aromatic nitrogens is 2. The number of hydrogen-bond donors (Lipinski definition) is 1. The predicted octanol–water partition coefficient (Wildman–Crippen LogP) is 3.61. The van der Waals surface area contributed by atoms with Crippen molar-refractivity contribution in [3.05, 3.63) is 27.5 Å². The second kappa shape index (κ2) is 4.50. The molecular weight excluding hydrogens is 258 g/mol. The van der Waals surface area contributed by atoms with Gasteiger partial charge in [0.05, 0.1) is 11.4 Å². The average molecular weight is 270 g/mol. The Morgan fingerprint density at radius 3 is 2.94 bits per heavy atom. The lowest BCUT2D eigenvalue weighted by atomic mass is 10.2. The molecule has 90 valence electrons. The fourth-order valence-corrected chi connectivity index (χ4v) is 2.65. The highest BCUT2D eigenvalue weighted by atomic mass is 35.5. The van der Waals surface area contributed by atoms with Gasteiger partial charge in [0.1, 0.15) is 0 Å². The monoisotopic (exact) mass is 269 g/mol. The number of allylic oxidation sites excluding steroid dienone is 1. The first-order valence-electron chi connectivity index (χ1n) is 5.04. The van der Waals surface area contributed by atoms with Crippen LogP contribution in [0.2, 0.25) is 5.15 Å². The van der Waals surface area contributed by atoms with Crippen molar-refractivity contribution in [2.45, 2.75) is 20.8 Å². The second-order valence-corrected chi connectivity index (χ2v) is 4.99. The van der Waals surface area contributed by atoms with E-state index in [4.69, 9.17) is 16.8 Å². The van der Waals surface area contributed by atoms with Gasteiger partial charge in [0.25, 0.3) is 0 Å². The van der Waals surface area contributed by atoms with E-state index >= 15 is 0 Å². The molecule has 4 nitrogen and oxygen atoms in total. The predicted molar refractivity (Wildman–Crippen MR) is 71.4 cm³/mol. The molecule has 0 saturated carbocycles. The minimum absolute atomic E-state index is 0.463. The molecule has 0 amide bonds. The molecule has 17 heavy (non-hydrogen) atoms. The largest absolute Gasteiger partial charge is 0.411 e. The van der Waals surface area contributed by atoms with Crippen LogP contribution in [-0.4, -0.2) is 20.3 Å². The first-order valence-corrected chi connectivity index (χ1v) is 6.29. The molecule has 0 aliphatic heterocycles. The Morgan fingerprint density at radius 1 is 1.59 bits per heavy atom. The summed E-state index contributed by atoms with van der Waals surface area (Å²) in [5, 5.41) is 14.4. The van der Waals surface area contributed by atoms with Gasteiger partial charge in [-0.2, -0.15) is 0 Å². The van der Waals surface area contributed by atoms with Crippen LogP contribution in [0.15, 0.2) is 16.1 Å². The molecule has 2 heterocycles. The van der Waals surface area contributed by atoms with Gasteiger partial charge in [-0.3, -0.25) is 4.40 Å². The van der Waals surface area contributed by atoms with Crippen molar-refractivity contribution in [3.63, 3.8) is 0 Å². The summed E-state index contributed by atoms with van der Waals surface area (Å²) in [6.07, 6.45) is 1.87. The molecule has 0 bridgehead atoms. The molecule has 0 aliphatic carbocycles. The Morgan fingerprint density at radius 2 is 2.29 bits per heavy atom. The molecular formula is C11H12ClN3OS. The van der Waals surface area contributed by atoms with E-state index in [9.17, 15) is 0 Å². The van der Waals surface area contributed by atoms with Crippen LogP contribution in [0.3, 0.4) is 0 Å². The number of thiazole rings is 1. The molecule has 0 fully saturated rings. The summed E-state index contributed by atoms with van der Waals surface area (Å²) < 4.78 is 1.99. The van der Waals surface area contributed by atoms with E-state index in [-0.39, 0.29) is 0 Å². The van der Waals surface area contributed by atoms with Crippen LogP contribution in [-0.2, 0) is 0 Å². The highest BCUT2D eigenvalue weighted by Gasteiger charge is 2.12. The highest BCUT2D eigenvalue weighted by molar-refractivity contribution is 7.15. The molecule has 6 heteroatoms. The van der Waals surface area contributed by atoms with E-state index in [0.29, 0.717) is 10.9 Å². The SMILES string of the molecule is CC(=C/c1c(Cl)nc2scc(C)n12)/C(C)=N/O. The zero-order valence-corrected chi connectivity index (χ0v) is 11.3. The summed E-state index contributed by atoms with van der Waals surface area (Å²) in [5.74, 6) is 0. The van der Waals surface area contributed by atoms with Gasteiger partial charge in [-0.1, -0.05) is 16.8 Å². The molecule has 2 aromatic rings. The normalized spacial score (nSPS) is 13.6. The molecule has 1 N–H and O–H groups in total. The molecule has 2 rings (SSSR count). The number of halogens is 1. The van der Waals surface area contributed by atoms with Crippen LogP contribution in [0.25, 0.3) is 11.0 Å². The summed E-state index contributed by atoms with van der Waals surface area (Å²) in [7, 11) is 0. The van der Waals surface area contributed by atoms with Crippen molar-refractivity contribution in [3.8, 4) is 0 Å². The summed E-state index contributed by atoms with van der Waals surface area (Å²) >= 11 is 7.65. The zero-order chi connectivity index (χ0) is 12.6. The fourth-order valence-electron chi connectivity index (χ4n) is 1.51. The second-order valence-electron chi connectivity index (χ2n) is 3.80. The average Bonchev–Trinajstić information content (AvgIpc) is 2.80. The maximum absolute atomic E-state index is 8.72. The van der Waals surface area contributed by atoms with E-state index in [1.165, 1.54) is 0 Å². The lowest BCUT2D eigenvalue weighted by Crippen LogP contribution is -1.95. The Labute approximate surface area is 108 Å². The van der Waals surface area contributed by atoms with E-state index in [2.05, 4.69) is 10.1 Å². The van der Waals surface area contributed by atoms with Crippen LogP contribution in [0.1, 0.15) is 25.2 Å².